The minimum Gasteiger partial charge on any atom is -0.455 e. The van der Waals surface area contributed by atoms with Gasteiger partial charge in [-0.2, -0.15) is 0 Å². The third kappa shape index (κ3) is 6.11. The Morgan fingerprint density at radius 2 is 1.14 bits per heavy atom. The van der Waals surface area contributed by atoms with Gasteiger partial charge < -0.3 is 14.2 Å². The van der Waals surface area contributed by atoms with E-state index in [1.807, 2.05) is 11.3 Å². The number of nitrogens with zero attached hydrogens (tertiary/aromatic N) is 1. The average molecular weight is 846 g/mol. The fourth-order valence-corrected chi connectivity index (χ4v) is 10.9. The van der Waals surface area contributed by atoms with Crippen molar-refractivity contribution in [1.29, 1.82) is 0 Å². The molecule has 4 nitrogen and oxygen atoms in total. The van der Waals surface area contributed by atoms with Crippen molar-refractivity contribution in [2.75, 3.05) is 10.2 Å². The Morgan fingerprint density at radius 3 is 1.86 bits per heavy atom. The molecule has 12 rings (SSSR count). The average Bonchev–Trinajstić information content (AvgIpc) is 3.99. The van der Waals surface area contributed by atoms with Gasteiger partial charge in [-0.3, -0.25) is 4.90 Å². The minimum absolute atomic E-state index is 0.0402. The lowest BCUT2D eigenvalue weighted by Crippen LogP contribution is -2.40. The molecule has 1 aliphatic heterocycles. The van der Waals surface area contributed by atoms with Crippen molar-refractivity contribution in [2.24, 2.45) is 0 Å². The van der Waals surface area contributed by atoms with Gasteiger partial charge in [0.25, 0.3) is 0 Å². The van der Waals surface area contributed by atoms with Gasteiger partial charge in [0.1, 0.15) is 16.7 Å². The predicted molar refractivity (Wildman–Crippen MR) is 274 cm³/mol. The van der Waals surface area contributed by atoms with E-state index in [0.717, 1.165) is 93.8 Å². The molecule has 0 aliphatic carbocycles. The van der Waals surface area contributed by atoms with Crippen LogP contribution >= 0.6 is 11.3 Å². The first kappa shape index (κ1) is 38.6. The molecule has 1 N–H and O–H groups in total. The van der Waals surface area contributed by atoms with Gasteiger partial charge in [-0.05, 0) is 110 Å². The highest BCUT2D eigenvalue weighted by Crippen LogP contribution is 2.52. The maximum Gasteiger partial charge on any atom is 0.200 e. The van der Waals surface area contributed by atoms with Crippen molar-refractivity contribution in [3.05, 3.63) is 175 Å². The van der Waals surface area contributed by atoms with E-state index in [4.69, 9.17) is 8.83 Å². The molecule has 0 saturated heterocycles. The highest BCUT2D eigenvalue weighted by atomic mass is 32.1. The van der Waals surface area contributed by atoms with Gasteiger partial charge in [-0.15, -0.1) is 11.3 Å². The molecule has 64 heavy (non-hydrogen) atoms. The number of thiophene rings is 1. The summed E-state index contributed by atoms with van der Waals surface area (Å²) < 4.78 is 15.4. The molecule has 0 spiro atoms. The first-order valence-electron chi connectivity index (χ1n) is 22.2. The van der Waals surface area contributed by atoms with Crippen LogP contribution < -0.4 is 21.1 Å². The number of hydrogen-bond acceptors (Lipinski definition) is 5. The molecule has 1 radical (unpaired) electrons. The maximum atomic E-state index is 7.11. The number of fused-ring (bicyclic) bond motifs is 11. The number of nitrogens with one attached hydrogen (secondary N) is 1. The van der Waals surface area contributed by atoms with Crippen LogP contribution in [0, 0.1) is 0 Å². The van der Waals surface area contributed by atoms with Gasteiger partial charge in [0.2, 0.25) is 0 Å². The lowest BCUT2D eigenvalue weighted by atomic mass is 9.58. The first-order chi connectivity index (χ1) is 31.0. The van der Waals surface area contributed by atoms with Crippen LogP contribution in [-0.2, 0) is 10.8 Å². The second kappa shape index (κ2) is 14.3. The molecule has 0 bridgehead atoms. The number of rotatable bonds is 5. The fourth-order valence-electron chi connectivity index (χ4n) is 9.68. The molecule has 309 valence electrons. The smallest absolute Gasteiger partial charge is 0.200 e. The first-order valence-corrected chi connectivity index (χ1v) is 23.0. The molecule has 0 atom stereocenters. The lowest BCUT2D eigenvalue weighted by Gasteiger charge is -2.35. The molecule has 1 aliphatic rings. The summed E-state index contributed by atoms with van der Waals surface area (Å²) in [4.78, 5) is 2.51. The molecule has 0 amide bonds. The number of benzene rings is 8. The van der Waals surface area contributed by atoms with Crippen molar-refractivity contribution in [1.82, 2.24) is 0 Å². The van der Waals surface area contributed by atoms with E-state index in [1.165, 1.54) is 32.2 Å². The molecule has 11 aromatic rings. The normalized spacial score (nSPS) is 12.9. The van der Waals surface area contributed by atoms with Crippen molar-refractivity contribution >= 4 is 111 Å². The zero-order valence-corrected chi connectivity index (χ0v) is 37.7. The number of para-hydroxylation sites is 2. The van der Waals surface area contributed by atoms with Crippen LogP contribution in [0.15, 0.2) is 173 Å². The van der Waals surface area contributed by atoms with Crippen LogP contribution in [-0.4, -0.2) is 7.28 Å². The standard InChI is InChI=1S/C58H46BN2O2S/c1-57(2,3)35-24-27-37(28-25-35)60-45-30-29-40-38-18-10-13-21-47(38)62-54(40)50(45)44-33-43-39-19-11-14-22-48(39)63-55(43)53-51(44)59-52-41-20-12-15-23-49(41)64-56(52)61(53)46-31-26-36(58(4,5)6)32-42(46)34-16-8-7-9-17-34/h7-33,60H,1-6H3. The van der Waals surface area contributed by atoms with Crippen molar-refractivity contribution < 1.29 is 8.83 Å². The maximum absolute atomic E-state index is 7.11. The Balaban J connectivity index is 1.22. The molecule has 0 fully saturated rings. The Kier molecular flexibility index (Phi) is 8.60. The van der Waals surface area contributed by atoms with Crippen molar-refractivity contribution in [3.63, 3.8) is 0 Å². The molecule has 3 aromatic heterocycles. The molecule has 6 heteroatoms. The van der Waals surface area contributed by atoms with E-state index < -0.39 is 0 Å². The monoisotopic (exact) mass is 845 g/mol. The molecule has 0 saturated carbocycles. The summed E-state index contributed by atoms with van der Waals surface area (Å²) in [6.45, 7) is 13.6. The highest BCUT2D eigenvalue weighted by molar-refractivity contribution is 7.25. The van der Waals surface area contributed by atoms with E-state index in [0.29, 0.717) is 0 Å². The van der Waals surface area contributed by atoms with Gasteiger partial charge in [0.05, 0.1) is 22.1 Å². The van der Waals surface area contributed by atoms with E-state index in [-0.39, 0.29) is 10.8 Å². The predicted octanol–water partition coefficient (Wildman–Crippen LogP) is 15.8. The van der Waals surface area contributed by atoms with Crippen LogP contribution in [0.5, 0.6) is 0 Å². The molecule has 8 aromatic carbocycles. The van der Waals surface area contributed by atoms with Gasteiger partial charge in [-0.1, -0.05) is 145 Å². The second-order valence-electron chi connectivity index (χ2n) is 19.2. The third-order valence-corrected chi connectivity index (χ3v) is 14.2. The quantitative estimate of drug-likeness (QED) is 0.175. The van der Waals surface area contributed by atoms with Crippen LogP contribution in [0.1, 0.15) is 52.7 Å². The summed E-state index contributed by atoms with van der Waals surface area (Å²) in [5.74, 6) is 0. The Labute approximate surface area is 378 Å². The zero-order chi connectivity index (χ0) is 43.5. The second-order valence-corrected chi connectivity index (χ2v) is 20.3. The van der Waals surface area contributed by atoms with Crippen LogP contribution in [0.4, 0.5) is 27.8 Å². The highest BCUT2D eigenvalue weighted by Gasteiger charge is 2.36. The van der Waals surface area contributed by atoms with Crippen molar-refractivity contribution in [2.45, 2.75) is 52.4 Å². The summed E-state index contributed by atoms with van der Waals surface area (Å²) in [6.07, 6.45) is 0. The van der Waals surface area contributed by atoms with E-state index in [2.05, 4.69) is 223 Å². The molecule has 4 heterocycles. The summed E-state index contributed by atoms with van der Waals surface area (Å²) in [6, 6.07) is 59.2. The van der Waals surface area contributed by atoms with Crippen LogP contribution in [0.25, 0.3) is 76.2 Å². The lowest BCUT2D eigenvalue weighted by molar-refractivity contribution is 0.590. The Morgan fingerprint density at radius 1 is 0.516 bits per heavy atom. The largest absolute Gasteiger partial charge is 0.455 e. The number of hydrogen-bond donors (Lipinski definition) is 1. The van der Waals surface area contributed by atoms with E-state index in [1.54, 1.807) is 0 Å². The molecule has 0 unspecified atom stereocenters. The minimum atomic E-state index is -0.0562. The van der Waals surface area contributed by atoms with Gasteiger partial charge in [0, 0.05) is 43.1 Å². The Bertz CT molecular complexity index is 3640. The third-order valence-electron chi connectivity index (χ3n) is 13.0. The zero-order valence-electron chi connectivity index (χ0n) is 36.8. The molecular formula is C58H46BN2O2S. The van der Waals surface area contributed by atoms with Crippen LogP contribution in [0.2, 0.25) is 0 Å². The number of anilines is 5. The summed E-state index contributed by atoms with van der Waals surface area (Å²) >= 11 is 1.83. The van der Waals surface area contributed by atoms with E-state index in [9.17, 15) is 0 Å². The summed E-state index contributed by atoms with van der Waals surface area (Å²) in [5, 5.41) is 10.6. The topological polar surface area (TPSA) is 41.6 Å². The summed E-state index contributed by atoms with van der Waals surface area (Å²) in [5.41, 5.74) is 16.7. The number of furan rings is 2. The summed E-state index contributed by atoms with van der Waals surface area (Å²) in [7, 11) is 2.41. The van der Waals surface area contributed by atoms with Gasteiger partial charge in [-0.25, -0.2) is 0 Å². The SMILES string of the molecule is CC(C)(C)c1ccc(Nc2ccc3c(oc4ccccc43)c2-c2cc3c(oc4ccccc43)c3c2[B]c2c(sc4ccccc24)N3c2ccc(C(C)(C)C)cc2-c2ccccc2)cc1. The fraction of sp³-hybridized carbons (Fsp3) is 0.138. The van der Waals surface area contributed by atoms with Gasteiger partial charge >= 0.3 is 0 Å². The van der Waals surface area contributed by atoms with Gasteiger partial charge in [0.15, 0.2) is 12.9 Å². The van der Waals surface area contributed by atoms with Crippen LogP contribution in [0.3, 0.4) is 0 Å². The van der Waals surface area contributed by atoms with Crippen molar-refractivity contribution in [3.8, 4) is 22.3 Å². The van der Waals surface area contributed by atoms with E-state index >= 15 is 0 Å². The Hall–Kier alpha value is -7.02. The molecular weight excluding hydrogens is 800 g/mol.